The van der Waals surface area contributed by atoms with Gasteiger partial charge in [-0.1, -0.05) is 18.2 Å². The average Bonchev–Trinajstić information content (AvgIpc) is 2.99. The Balaban J connectivity index is 1.61. The fourth-order valence-corrected chi connectivity index (χ4v) is 3.82. The van der Waals surface area contributed by atoms with Crippen LogP contribution >= 0.6 is 0 Å². The van der Waals surface area contributed by atoms with E-state index in [1.807, 2.05) is 29.1 Å². The Morgan fingerprint density at radius 1 is 1.10 bits per heavy atom. The molecule has 4 heteroatoms. The summed E-state index contributed by atoms with van der Waals surface area (Å²) >= 11 is 0. The molecule has 106 valence electrons. The maximum Gasteiger partial charge on any atom is 0.155 e. The van der Waals surface area contributed by atoms with Crippen molar-refractivity contribution in [1.29, 1.82) is 0 Å². The molecule has 2 aromatic heterocycles. The van der Waals surface area contributed by atoms with Gasteiger partial charge < -0.3 is 0 Å². The third-order valence-electron chi connectivity index (χ3n) is 5.07. The summed E-state index contributed by atoms with van der Waals surface area (Å²) in [7, 11) is 0. The Morgan fingerprint density at radius 2 is 2.05 bits per heavy atom. The molecule has 2 heterocycles. The van der Waals surface area contributed by atoms with E-state index in [1.54, 1.807) is 0 Å². The maximum atomic E-state index is 4.93. The number of aromatic nitrogens is 4. The summed E-state index contributed by atoms with van der Waals surface area (Å²) in [4.78, 5) is 9.41. The number of hydrogen-bond donors (Lipinski definition) is 0. The fraction of sp³-hybridized carbons (Fsp3) is 0.471. The second kappa shape index (κ2) is 4.26. The fourth-order valence-electron chi connectivity index (χ4n) is 3.82. The highest BCUT2D eigenvalue weighted by atomic mass is 15.4. The van der Waals surface area contributed by atoms with E-state index >= 15 is 0 Å². The van der Waals surface area contributed by atoms with Crippen molar-refractivity contribution in [2.24, 2.45) is 11.8 Å². The van der Waals surface area contributed by atoms with Crippen LogP contribution in [0, 0.1) is 11.8 Å². The van der Waals surface area contributed by atoms with Gasteiger partial charge >= 0.3 is 0 Å². The number of rotatable bonds is 3. The summed E-state index contributed by atoms with van der Waals surface area (Å²) in [6.45, 7) is 0. The van der Waals surface area contributed by atoms with Gasteiger partial charge in [-0.05, 0) is 49.7 Å². The molecule has 0 saturated heterocycles. The summed E-state index contributed by atoms with van der Waals surface area (Å²) in [5.74, 6) is 5.56. The number of hydrogen-bond acceptors (Lipinski definition) is 3. The summed E-state index contributed by atoms with van der Waals surface area (Å²) in [6, 6.07) is 5.99. The van der Waals surface area contributed by atoms with Gasteiger partial charge in [-0.2, -0.15) is 4.68 Å². The zero-order chi connectivity index (χ0) is 13.8. The third kappa shape index (κ3) is 1.85. The van der Waals surface area contributed by atoms with Crippen LogP contribution in [0.25, 0.3) is 5.82 Å². The first-order valence-electron chi connectivity index (χ1n) is 7.95. The van der Waals surface area contributed by atoms with Crippen molar-refractivity contribution in [2.45, 2.75) is 37.5 Å². The molecule has 0 aliphatic heterocycles. The van der Waals surface area contributed by atoms with Gasteiger partial charge in [0.2, 0.25) is 0 Å². The van der Waals surface area contributed by atoms with Gasteiger partial charge in [-0.25, -0.2) is 9.97 Å². The molecule has 2 bridgehead atoms. The minimum absolute atomic E-state index is 0.516. The zero-order valence-electron chi connectivity index (χ0n) is 11.9. The minimum Gasteiger partial charge on any atom is -0.237 e. The second-order valence-corrected chi connectivity index (χ2v) is 6.59. The first-order valence-corrected chi connectivity index (χ1v) is 7.95. The van der Waals surface area contributed by atoms with Crippen LogP contribution in [0.15, 0.2) is 36.5 Å². The summed E-state index contributed by atoms with van der Waals surface area (Å²) in [5, 5.41) is 4.79. The Morgan fingerprint density at radius 3 is 2.71 bits per heavy atom. The molecular formula is C17H18N4. The first kappa shape index (κ1) is 11.7. The van der Waals surface area contributed by atoms with Crippen LogP contribution in [-0.4, -0.2) is 19.7 Å². The van der Waals surface area contributed by atoms with Crippen molar-refractivity contribution in [2.75, 3.05) is 0 Å². The van der Waals surface area contributed by atoms with E-state index in [-0.39, 0.29) is 0 Å². The van der Waals surface area contributed by atoms with Crippen LogP contribution in [0.1, 0.15) is 49.2 Å². The van der Waals surface area contributed by atoms with E-state index in [1.165, 1.54) is 25.7 Å². The predicted molar refractivity (Wildman–Crippen MR) is 79.2 cm³/mol. The smallest absolute Gasteiger partial charge is 0.155 e. The summed E-state index contributed by atoms with van der Waals surface area (Å²) in [6.07, 6.45) is 11.6. The molecule has 0 unspecified atom stereocenters. The molecule has 2 fully saturated rings. The Hall–Kier alpha value is -1.97. The number of nitrogens with zero attached hydrogens (tertiary/aromatic N) is 4. The minimum atomic E-state index is 0.516. The molecule has 0 N–H and O–H groups in total. The molecule has 3 aliphatic carbocycles. The van der Waals surface area contributed by atoms with Crippen molar-refractivity contribution in [3.05, 3.63) is 48.2 Å². The molecule has 3 aliphatic rings. The molecule has 3 atom stereocenters. The molecule has 2 aromatic rings. The largest absolute Gasteiger partial charge is 0.237 e. The molecule has 5 rings (SSSR count). The second-order valence-electron chi connectivity index (χ2n) is 6.59. The van der Waals surface area contributed by atoms with E-state index in [0.29, 0.717) is 17.8 Å². The lowest BCUT2D eigenvalue weighted by Crippen LogP contribution is -2.13. The van der Waals surface area contributed by atoms with Crippen LogP contribution < -0.4 is 0 Å². The number of fused-ring (bicyclic) bond motifs is 2. The van der Waals surface area contributed by atoms with Crippen LogP contribution in [0.2, 0.25) is 0 Å². The van der Waals surface area contributed by atoms with Gasteiger partial charge in [-0.3, -0.25) is 0 Å². The zero-order valence-corrected chi connectivity index (χ0v) is 11.9. The maximum absolute atomic E-state index is 4.93. The molecule has 0 radical (unpaired) electrons. The standard InChI is InChI=1S/C17H18N4/c1-2-8-18-15(3-1)21-17(19-16(20-21)12-6-7-12)14-10-11-4-5-13(14)9-11/h1-5,8,11-14H,6-7,9-10H2/t11-,13+,14-/m1/s1. The van der Waals surface area contributed by atoms with E-state index in [9.17, 15) is 0 Å². The van der Waals surface area contributed by atoms with Crippen LogP contribution in [-0.2, 0) is 0 Å². The normalized spacial score (nSPS) is 30.2. The molecular weight excluding hydrogens is 260 g/mol. The Kier molecular flexibility index (Phi) is 2.37. The van der Waals surface area contributed by atoms with Crippen molar-refractivity contribution in [3.8, 4) is 5.82 Å². The molecule has 0 amide bonds. The monoisotopic (exact) mass is 278 g/mol. The Bertz CT molecular complexity index is 699. The molecule has 2 saturated carbocycles. The van der Waals surface area contributed by atoms with Gasteiger partial charge in [0.15, 0.2) is 11.6 Å². The van der Waals surface area contributed by atoms with Crippen molar-refractivity contribution < 1.29 is 0 Å². The lowest BCUT2D eigenvalue weighted by atomic mass is 9.93. The topological polar surface area (TPSA) is 43.6 Å². The van der Waals surface area contributed by atoms with E-state index in [0.717, 1.165) is 23.4 Å². The highest BCUT2D eigenvalue weighted by Crippen LogP contribution is 2.49. The molecule has 21 heavy (non-hydrogen) atoms. The van der Waals surface area contributed by atoms with Gasteiger partial charge in [0, 0.05) is 18.0 Å². The summed E-state index contributed by atoms with van der Waals surface area (Å²) in [5.41, 5.74) is 0. The van der Waals surface area contributed by atoms with Crippen LogP contribution in [0.3, 0.4) is 0 Å². The van der Waals surface area contributed by atoms with E-state index in [4.69, 9.17) is 10.1 Å². The predicted octanol–water partition coefficient (Wildman–Crippen LogP) is 3.22. The highest BCUT2D eigenvalue weighted by molar-refractivity contribution is 5.27. The van der Waals surface area contributed by atoms with Crippen LogP contribution in [0.4, 0.5) is 0 Å². The summed E-state index contributed by atoms with van der Waals surface area (Å²) < 4.78 is 2.01. The van der Waals surface area contributed by atoms with Crippen molar-refractivity contribution >= 4 is 0 Å². The lowest BCUT2D eigenvalue weighted by molar-refractivity contribution is 0.535. The lowest BCUT2D eigenvalue weighted by Gasteiger charge is -2.17. The van der Waals surface area contributed by atoms with Crippen molar-refractivity contribution in [3.63, 3.8) is 0 Å². The molecule has 0 spiro atoms. The molecule has 0 aromatic carbocycles. The molecule has 4 nitrogen and oxygen atoms in total. The van der Waals surface area contributed by atoms with E-state index in [2.05, 4.69) is 17.1 Å². The SMILES string of the molecule is C1=C[C@H]2C[C@@H]1C[C@H]2c1nc(C2CC2)nn1-c1ccccn1. The van der Waals surface area contributed by atoms with Gasteiger partial charge in [-0.15, -0.1) is 5.10 Å². The third-order valence-corrected chi connectivity index (χ3v) is 5.07. The Labute approximate surface area is 123 Å². The van der Waals surface area contributed by atoms with Gasteiger partial charge in [0.25, 0.3) is 0 Å². The van der Waals surface area contributed by atoms with Crippen molar-refractivity contribution in [1.82, 2.24) is 19.7 Å². The quantitative estimate of drug-likeness (QED) is 0.810. The average molecular weight is 278 g/mol. The number of pyridine rings is 1. The van der Waals surface area contributed by atoms with Gasteiger partial charge in [0.1, 0.15) is 5.82 Å². The first-order chi connectivity index (χ1) is 10.4. The number of allylic oxidation sites excluding steroid dienone is 2. The van der Waals surface area contributed by atoms with Crippen LogP contribution in [0.5, 0.6) is 0 Å². The van der Waals surface area contributed by atoms with E-state index < -0.39 is 0 Å². The highest BCUT2D eigenvalue weighted by Gasteiger charge is 2.40. The van der Waals surface area contributed by atoms with Gasteiger partial charge in [0.05, 0.1) is 0 Å².